The minimum absolute atomic E-state index is 0.0285. The number of amides is 2. The van der Waals surface area contributed by atoms with Crippen LogP contribution in [0, 0.1) is 6.92 Å². The number of ether oxygens (including phenoxy) is 1. The Balaban J connectivity index is 2.05. The molecule has 2 amide bonds. The highest BCUT2D eigenvalue weighted by atomic mass is 35.5. The number of halogens is 2. The first-order chi connectivity index (χ1) is 18.5. The average Bonchev–Trinajstić information content (AvgIpc) is 2.91. The molecule has 0 saturated heterocycles. The summed E-state index contributed by atoms with van der Waals surface area (Å²) in [5.41, 5.74) is 1.71. The molecule has 11 heteroatoms. The Morgan fingerprint density at radius 1 is 1.00 bits per heavy atom. The molecular formula is C28H31Cl2N3O5S. The first-order valence-electron chi connectivity index (χ1n) is 12.2. The second-order valence-corrected chi connectivity index (χ2v) is 11.6. The third-order valence-corrected chi connectivity index (χ3v) is 8.50. The number of likely N-dealkylation sites (N-methyl/N-ethyl adjacent to an activating group) is 1. The molecule has 3 aromatic carbocycles. The van der Waals surface area contributed by atoms with Gasteiger partial charge in [-0.05, 0) is 74.9 Å². The number of nitrogens with one attached hydrogen (secondary N) is 1. The van der Waals surface area contributed by atoms with Gasteiger partial charge in [0.1, 0.15) is 18.3 Å². The molecule has 3 aromatic rings. The molecule has 8 nitrogen and oxygen atoms in total. The third kappa shape index (κ3) is 7.44. The van der Waals surface area contributed by atoms with E-state index in [9.17, 15) is 18.0 Å². The molecule has 0 radical (unpaired) electrons. The predicted molar refractivity (Wildman–Crippen MR) is 154 cm³/mol. The molecule has 0 heterocycles. The molecule has 0 aliphatic carbocycles. The number of benzene rings is 3. The Hall–Kier alpha value is -3.27. The van der Waals surface area contributed by atoms with Crippen molar-refractivity contribution < 1.29 is 22.7 Å². The molecule has 0 aromatic heterocycles. The van der Waals surface area contributed by atoms with Crippen LogP contribution in [0.1, 0.15) is 25.0 Å². The lowest BCUT2D eigenvalue weighted by atomic mass is 10.1. The normalized spacial score (nSPS) is 11.9. The van der Waals surface area contributed by atoms with Gasteiger partial charge in [0.15, 0.2) is 0 Å². The zero-order chi connectivity index (χ0) is 28.7. The van der Waals surface area contributed by atoms with Crippen LogP contribution in [-0.2, 0) is 26.2 Å². The lowest BCUT2D eigenvalue weighted by Crippen LogP contribution is -2.51. The molecule has 208 valence electrons. The van der Waals surface area contributed by atoms with E-state index in [1.54, 1.807) is 68.4 Å². The highest BCUT2D eigenvalue weighted by molar-refractivity contribution is 7.92. The zero-order valence-electron chi connectivity index (χ0n) is 22.1. The van der Waals surface area contributed by atoms with E-state index in [-0.39, 0.29) is 23.0 Å². The van der Waals surface area contributed by atoms with Crippen LogP contribution in [0.3, 0.4) is 0 Å². The second kappa shape index (κ2) is 13.2. The van der Waals surface area contributed by atoms with Gasteiger partial charge in [-0.2, -0.15) is 0 Å². The highest BCUT2D eigenvalue weighted by Crippen LogP contribution is 2.28. The van der Waals surface area contributed by atoms with E-state index in [4.69, 9.17) is 27.9 Å². The van der Waals surface area contributed by atoms with E-state index in [2.05, 4.69) is 5.32 Å². The van der Waals surface area contributed by atoms with E-state index < -0.39 is 28.5 Å². The van der Waals surface area contributed by atoms with E-state index >= 15 is 0 Å². The molecular weight excluding hydrogens is 561 g/mol. The second-order valence-electron chi connectivity index (χ2n) is 8.85. The summed E-state index contributed by atoms with van der Waals surface area (Å²) < 4.78 is 33.9. The highest BCUT2D eigenvalue weighted by Gasteiger charge is 2.32. The molecule has 39 heavy (non-hydrogen) atoms. The van der Waals surface area contributed by atoms with Crippen molar-refractivity contribution in [3.8, 4) is 5.75 Å². The van der Waals surface area contributed by atoms with Gasteiger partial charge in [0.25, 0.3) is 10.0 Å². The Bertz CT molecular complexity index is 1410. The van der Waals surface area contributed by atoms with Crippen LogP contribution in [0.4, 0.5) is 5.69 Å². The van der Waals surface area contributed by atoms with Crippen LogP contribution in [0.25, 0.3) is 0 Å². The SMILES string of the molecule is CCNC(=O)C(C)N(Cc1ccc(Cl)cc1Cl)C(=O)CN(c1ccc(OC)cc1)S(=O)(=O)c1ccc(C)cc1. The van der Waals surface area contributed by atoms with Crippen LogP contribution in [0.15, 0.2) is 71.6 Å². The summed E-state index contributed by atoms with van der Waals surface area (Å²) in [4.78, 5) is 28.0. The minimum Gasteiger partial charge on any atom is -0.497 e. The number of carbonyl (C=O) groups is 2. The van der Waals surface area contributed by atoms with Crippen molar-refractivity contribution in [1.29, 1.82) is 0 Å². The molecule has 0 saturated carbocycles. The predicted octanol–water partition coefficient (Wildman–Crippen LogP) is 5.06. The molecule has 1 N–H and O–H groups in total. The smallest absolute Gasteiger partial charge is 0.264 e. The van der Waals surface area contributed by atoms with Crippen molar-refractivity contribution in [2.45, 2.75) is 38.3 Å². The molecule has 0 bridgehead atoms. The summed E-state index contributed by atoms with van der Waals surface area (Å²) in [6.07, 6.45) is 0. The number of hydrogen-bond donors (Lipinski definition) is 1. The summed E-state index contributed by atoms with van der Waals surface area (Å²) in [6.45, 7) is 4.98. The summed E-state index contributed by atoms with van der Waals surface area (Å²) >= 11 is 12.4. The van der Waals surface area contributed by atoms with Crippen molar-refractivity contribution in [3.63, 3.8) is 0 Å². The van der Waals surface area contributed by atoms with E-state index in [0.717, 1.165) is 9.87 Å². The number of sulfonamides is 1. The summed E-state index contributed by atoms with van der Waals surface area (Å²) in [6, 6.07) is 16.6. The van der Waals surface area contributed by atoms with Crippen LogP contribution in [0.2, 0.25) is 10.0 Å². The van der Waals surface area contributed by atoms with Crippen LogP contribution >= 0.6 is 23.2 Å². The van der Waals surface area contributed by atoms with Crippen molar-refractivity contribution in [3.05, 3.63) is 87.9 Å². The fraction of sp³-hybridized carbons (Fsp3) is 0.286. The maximum absolute atomic E-state index is 13.9. The van der Waals surface area contributed by atoms with Crippen molar-refractivity contribution in [2.24, 2.45) is 0 Å². The molecule has 0 aliphatic heterocycles. The first-order valence-corrected chi connectivity index (χ1v) is 14.4. The van der Waals surface area contributed by atoms with Crippen molar-refractivity contribution in [2.75, 3.05) is 24.5 Å². The zero-order valence-corrected chi connectivity index (χ0v) is 24.5. The topological polar surface area (TPSA) is 96.0 Å². The molecule has 1 atom stereocenters. The Morgan fingerprint density at radius 3 is 2.21 bits per heavy atom. The standard InChI is InChI=1S/C28H31Cl2N3O5S/c1-5-31-28(35)20(3)32(17-21-8-9-22(29)16-26(21)30)27(34)18-33(23-10-12-24(38-4)13-11-23)39(36,37)25-14-6-19(2)7-15-25/h6-16,20H,5,17-18H2,1-4H3,(H,31,35). The van der Waals surface area contributed by atoms with Crippen LogP contribution in [0.5, 0.6) is 5.75 Å². The maximum Gasteiger partial charge on any atom is 0.264 e. The van der Waals surface area contributed by atoms with Gasteiger partial charge in [-0.1, -0.05) is 47.0 Å². The number of carbonyl (C=O) groups excluding carboxylic acids is 2. The lowest BCUT2D eigenvalue weighted by Gasteiger charge is -2.32. The molecule has 0 aliphatic rings. The van der Waals surface area contributed by atoms with Gasteiger partial charge in [0.2, 0.25) is 11.8 Å². The van der Waals surface area contributed by atoms with Gasteiger partial charge in [-0.25, -0.2) is 8.42 Å². The van der Waals surface area contributed by atoms with Crippen LogP contribution < -0.4 is 14.4 Å². The number of nitrogens with zero attached hydrogens (tertiary/aromatic N) is 2. The van der Waals surface area contributed by atoms with Gasteiger partial charge >= 0.3 is 0 Å². The largest absolute Gasteiger partial charge is 0.497 e. The monoisotopic (exact) mass is 591 g/mol. The molecule has 3 rings (SSSR count). The van der Waals surface area contributed by atoms with E-state index in [1.807, 2.05) is 6.92 Å². The fourth-order valence-corrected chi connectivity index (χ4v) is 5.74. The number of aryl methyl sites for hydroxylation is 1. The number of hydrogen-bond acceptors (Lipinski definition) is 5. The number of rotatable bonds is 11. The molecule has 0 spiro atoms. The fourth-order valence-electron chi connectivity index (χ4n) is 3.85. The quantitative estimate of drug-likeness (QED) is 0.336. The minimum atomic E-state index is -4.16. The number of methoxy groups -OCH3 is 1. The Kier molecular flexibility index (Phi) is 10.2. The maximum atomic E-state index is 13.9. The van der Waals surface area contributed by atoms with Gasteiger partial charge in [0, 0.05) is 23.1 Å². The third-order valence-electron chi connectivity index (χ3n) is 6.12. The van der Waals surface area contributed by atoms with Gasteiger partial charge in [0.05, 0.1) is 17.7 Å². The van der Waals surface area contributed by atoms with E-state index in [0.29, 0.717) is 27.9 Å². The van der Waals surface area contributed by atoms with Gasteiger partial charge < -0.3 is 15.0 Å². The van der Waals surface area contributed by atoms with Crippen LogP contribution in [-0.4, -0.2) is 51.4 Å². The van der Waals surface area contributed by atoms with E-state index in [1.165, 1.54) is 24.1 Å². The Morgan fingerprint density at radius 2 is 1.64 bits per heavy atom. The van der Waals surface area contributed by atoms with Crippen molar-refractivity contribution in [1.82, 2.24) is 10.2 Å². The van der Waals surface area contributed by atoms with Crippen molar-refractivity contribution >= 4 is 50.7 Å². The average molecular weight is 593 g/mol. The molecule has 0 fully saturated rings. The first kappa shape index (κ1) is 30.3. The van der Waals surface area contributed by atoms with Gasteiger partial charge in [-0.3, -0.25) is 13.9 Å². The van der Waals surface area contributed by atoms with Gasteiger partial charge in [-0.15, -0.1) is 0 Å². The molecule has 1 unspecified atom stereocenters. The summed E-state index contributed by atoms with van der Waals surface area (Å²) in [5.74, 6) is -0.443. The Labute approximate surface area is 239 Å². The number of anilines is 1. The summed E-state index contributed by atoms with van der Waals surface area (Å²) in [5, 5.41) is 3.46. The summed E-state index contributed by atoms with van der Waals surface area (Å²) in [7, 11) is -2.66. The lowest BCUT2D eigenvalue weighted by molar-refractivity contribution is -0.139.